The van der Waals surface area contributed by atoms with Crippen molar-refractivity contribution < 1.29 is 14.3 Å². The second-order valence-corrected chi connectivity index (χ2v) is 8.50. The van der Waals surface area contributed by atoms with Crippen molar-refractivity contribution in [3.8, 4) is 11.5 Å². The Labute approximate surface area is 200 Å². The predicted molar refractivity (Wildman–Crippen MR) is 134 cm³/mol. The van der Waals surface area contributed by atoms with Crippen molar-refractivity contribution >= 4 is 57.7 Å². The van der Waals surface area contributed by atoms with E-state index in [0.29, 0.717) is 16.5 Å². The molecule has 3 rings (SSSR count). The van der Waals surface area contributed by atoms with Crippen LogP contribution >= 0.6 is 34.2 Å². The summed E-state index contributed by atoms with van der Waals surface area (Å²) in [6.45, 7) is 3.79. The average molecular weight is 549 g/mol. The number of anilines is 1. The number of carbonyl (C=O) groups excluding carboxylic acids is 1. The molecule has 31 heavy (non-hydrogen) atoms. The fraction of sp³-hybridized carbons (Fsp3) is 0.167. The van der Waals surface area contributed by atoms with Gasteiger partial charge in [0.15, 0.2) is 18.1 Å². The first-order valence-corrected chi connectivity index (χ1v) is 11.0. The van der Waals surface area contributed by atoms with Crippen LogP contribution in [0.4, 0.5) is 11.4 Å². The number of hydrogen-bond acceptors (Lipinski definition) is 4. The Kier molecular flexibility index (Phi) is 7.92. The molecule has 0 heterocycles. The number of aliphatic imine (C=N–C) groups is 1. The van der Waals surface area contributed by atoms with Gasteiger partial charge in [-0.05, 0) is 89.5 Å². The molecule has 0 aliphatic carbocycles. The Morgan fingerprint density at radius 3 is 2.68 bits per heavy atom. The molecule has 1 N–H and O–H groups in total. The van der Waals surface area contributed by atoms with E-state index in [-0.39, 0.29) is 12.5 Å². The number of aryl methyl sites for hydroxylation is 2. The monoisotopic (exact) mass is 548 g/mol. The normalized spacial score (nSPS) is 10.9. The third kappa shape index (κ3) is 6.45. The van der Waals surface area contributed by atoms with Crippen LogP contribution in [0.5, 0.6) is 11.5 Å². The summed E-state index contributed by atoms with van der Waals surface area (Å²) in [7, 11) is 1.56. The van der Waals surface area contributed by atoms with E-state index in [0.717, 1.165) is 31.6 Å². The van der Waals surface area contributed by atoms with Gasteiger partial charge in [0.2, 0.25) is 0 Å². The van der Waals surface area contributed by atoms with E-state index in [9.17, 15) is 4.79 Å². The molecule has 1 amide bonds. The lowest BCUT2D eigenvalue weighted by molar-refractivity contribution is -0.118. The molecule has 0 fully saturated rings. The molecule has 0 saturated heterocycles. The molecule has 0 bridgehead atoms. The Morgan fingerprint density at radius 1 is 1.16 bits per heavy atom. The van der Waals surface area contributed by atoms with Crippen LogP contribution in [0.2, 0.25) is 5.02 Å². The number of nitrogens with zero attached hydrogens (tertiary/aromatic N) is 1. The van der Waals surface area contributed by atoms with Crippen LogP contribution in [0.25, 0.3) is 0 Å². The van der Waals surface area contributed by atoms with E-state index < -0.39 is 0 Å². The van der Waals surface area contributed by atoms with Crippen molar-refractivity contribution in [2.45, 2.75) is 13.8 Å². The van der Waals surface area contributed by atoms with Crippen LogP contribution in [-0.4, -0.2) is 25.8 Å². The lowest BCUT2D eigenvalue weighted by Crippen LogP contribution is -2.20. The smallest absolute Gasteiger partial charge is 0.262 e. The highest BCUT2D eigenvalue weighted by Crippen LogP contribution is 2.34. The van der Waals surface area contributed by atoms with E-state index >= 15 is 0 Å². The standard InChI is InChI=1S/C24H22ClIN2O3/c1-15-5-4-6-19(9-15)28-23(29)14-31-24-21(26)10-17(11-22(24)30-3)13-27-18-8-7-16(2)20(25)12-18/h4-13H,14H2,1-3H3,(H,28,29). The highest BCUT2D eigenvalue weighted by molar-refractivity contribution is 14.1. The minimum absolute atomic E-state index is 0.129. The highest BCUT2D eigenvalue weighted by atomic mass is 127. The van der Waals surface area contributed by atoms with Crippen LogP contribution in [0, 0.1) is 17.4 Å². The number of carbonyl (C=O) groups is 1. The molecule has 3 aromatic rings. The molecular formula is C24H22ClIN2O3. The summed E-state index contributed by atoms with van der Waals surface area (Å²) < 4.78 is 12.0. The van der Waals surface area contributed by atoms with Crippen molar-refractivity contribution in [3.63, 3.8) is 0 Å². The third-order valence-corrected chi connectivity index (χ3v) is 5.63. The van der Waals surface area contributed by atoms with E-state index in [2.05, 4.69) is 32.9 Å². The predicted octanol–water partition coefficient (Wildman–Crippen LogP) is 6.34. The number of halogens is 2. The fourth-order valence-corrected chi connectivity index (χ4v) is 3.78. The first kappa shape index (κ1) is 23.1. The Morgan fingerprint density at radius 2 is 1.97 bits per heavy atom. The molecule has 160 valence electrons. The average Bonchev–Trinajstić information content (AvgIpc) is 2.73. The Bertz CT molecular complexity index is 1130. The van der Waals surface area contributed by atoms with E-state index in [1.54, 1.807) is 13.3 Å². The summed E-state index contributed by atoms with van der Waals surface area (Å²) in [4.78, 5) is 16.8. The molecule has 0 unspecified atom stereocenters. The molecule has 7 heteroatoms. The molecule has 0 aliphatic heterocycles. The van der Waals surface area contributed by atoms with Gasteiger partial charge >= 0.3 is 0 Å². The summed E-state index contributed by atoms with van der Waals surface area (Å²) >= 11 is 8.32. The molecule has 0 spiro atoms. The maximum absolute atomic E-state index is 12.3. The minimum Gasteiger partial charge on any atom is -0.493 e. The summed E-state index contributed by atoms with van der Waals surface area (Å²) in [5.74, 6) is 0.794. The zero-order chi connectivity index (χ0) is 22.4. The maximum Gasteiger partial charge on any atom is 0.262 e. The van der Waals surface area contributed by atoms with Gasteiger partial charge in [0, 0.05) is 16.9 Å². The zero-order valence-electron chi connectivity index (χ0n) is 17.4. The van der Waals surface area contributed by atoms with Gasteiger partial charge in [0.25, 0.3) is 5.91 Å². The lowest BCUT2D eigenvalue weighted by atomic mass is 10.2. The first-order valence-electron chi connectivity index (χ1n) is 9.53. The Balaban J connectivity index is 1.70. The third-order valence-electron chi connectivity index (χ3n) is 4.42. The maximum atomic E-state index is 12.3. The molecular weight excluding hydrogens is 527 g/mol. The van der Waals surface area contributed by atoms with Gasteiger partial charge in [-0.25, -0.2) is 0 Å². The molecule has 0 aliphatic rings. The van der Waals surface area contributed by atoms with Gasteiger partial charge in [-0.15, -0.1) is 0 Å². The summed E-state index contributed by atoms with van der Waals surface area (Å²) in [6, 6.07) is 17.0. The van der Waals surface area contributed by atoms with Gasteiger partial charge in [-0.2, -0.15) is 0 Å². The van der Waals surface area contributed by atoms with Crippen LogP contribution in [0.3, 0.4) is 0 Å². The topological polar surface area (TPSA) is 59.9 Å². The highest BCUT2D eigenvalue weighted by Gasteiger charge is 2.13. The van der Waals surface area contributed by atoms with Crippen LogP contribution < -0.4 is 14.8 Å². The van der Waals surface area contributed by atoms with Gasteiger partial charge in [0.05, 0.1) is 16.4 Å². The quantitative estimate of drug-likeness (QED) is 0.277. The van der Waals surface area contributed by atoms with Crippen LogP contribution in [-0.2, 0) is 4.79 Å². The van der Waals surface area contributed by atoms with Gasteiger partial charge in [-0.1, -0.05) is 29.8 Å². The van der Waals surface area contributed by atoms with E-state index in [1.807, 2.05) is 68.4 Å². The SMILES string of the molecule is COc1cc(C=Nc2ccc(C)c(Cl)c2)cc(I)c1OCC(=O)Nc1cccc(C)c1. The van der Waals surface area contributed by atoms with Crippen LogP contribution in [0.15, 0.2) is 59.6 Å². The molecule has 0 radical (unpaired) electrons. The second kappa shape index (κ2) is 10.6. The number of amides is 1. The molecule has 3 aromatic carbocycles. The van der Waals surface area contributed by atoms with Gasteiger partial charge < -0.3 is 14.8 Å². The summed E-state index contributed by atoms with van der Waals surface area (Å²) in [5, 5.41) is 3.50. The van der Waals surface area contributed by atoms with Gasteiger partial charge in [0.1, 0.15) is 0 Å². The minimum atomic E-state index is -0.245. The first-order chi connectivity index (χ1) is 14.9. The van der Waals surface area contributed by atoms with Crippen LogP contribution in [0.1, 0.15) is 16.7 Å². The fourth-order valence-electron chi connectivity index (χ4n) is 2.82. The van der Waals surface area contributed by atoms with Gasteiger partial charge in [-0.3, -0.25) is 9.79 Å². The second-order valence-electron chi connectivity index (χ2n) is 6.93. The van der Waals surface area contributed by atoms with Crippen molar-refractivity contribution in [2.75, 3.05) is 19.0 Å². The molecule has 0 saturated carbocycles. The number of ether oxygens (including phenoxy) is 2. The lowest BCUT2D eigenvalue weighted by Gasteiger charge is -2.13. The molecule has 5 nitrogen and oxygen atoms in total. The van der Waals surface area contributed by atoms with E-state index in [1.165, 1.54) is 0 Å². The number of rotatable bonds is 7. The van der Waals surface area contributed by atoms with E-state index in [4.69, 9.17) is 21.1 Å². The zero-order valence-corrected chi connectivity index (χ0v) is 20.3. The summed E-state index contributed by atoms with van der Waals surface area (Å²) in [6.07, 6.45) is 1.74. The molecule has 0 atom stereocenters. The van der Waals surface area contributed by atoms with Crippen molar-refractivity contribution in [1.82, 2.24) is 0 Å². The number of nitrogens with one attached hydrogen (secondary N) is 1. The largest absolute Gasteiger partial charge is 0.493 e. The number of methoxy groups -OCH3 is 1. The summed E-state index contributed by atoms with van der Waals surface area (Å²) in [5.41, 5.74) is 4.41. The Hall–Kier alpha value is -2.58. The van der Waals surface area contributed by atoms with Crippen molar-refractivity contribution in [3.05, 3.63) is 79.9 Å². The molecule has 0 aromatic heterocycles. The van der Waals surface area contributed by atoms with Crippen molar-refractivity contribution in [2.24, 2.45) is 4.99 Å². The number of hydrogen-bond donors (Lipinski definition) is 1. The number of benzene rings is 3. The van der Waals surface area contributed by atoms with Crippen molar-refractivity contribution in [1.29, 1.82) is 0 Å².